The molecule has 4 N–H and O–H groups in total. The van der Waals surface area contributed by atoms with Crippen molar-refractivity contribution in [1.82, 2.24) is 10.3 Å². The third-order valence-electron chi connectivity index (χ3n) is 3.13. The molecule has 21 heavy (non-hydrogen) atoms. The maximum absolute atomic E-state index is 11.7. The van der Waals surface area contributed by atoms with Gasteiger partial charge in [-0.3, -0.25) is 9.78 Å². The van der Waals surface area contributed by atoms with Crippen molar-refractivity contribution in [3.05, 3.63) is 34.9 Å². The van der Waals surface area contributed by atoms with E-state index in [-0.39, 0.29) is 11.9 Å². The van der Waals surface area contributed by atoms with E-state index >= 15 is 0 Å². The van der Waals surface area contributed by atoms with Crippen molar-refractivity contribution in [2.24, 2.45) is 5.73 Å². The van der Waals surface area contributed by atoms with Gasteiger partial charge in [-0.05, 0) is 35.0 Å². The minimum absolute atomic E-state index is 0.00334. The predicted molar refractivity (Wildman–Crippen MR) is 89.2 cm³/mol. The van der Waals surface area contributed by atoms with Crippen LogP contribution in [-0.2, 0) is 4.79 Å². The Morgan fingerprint density at radius 3 is 3.00 bits per heavy atom. The Hall–Kier alpha value is -1.66. The molecule has 5 nitrogen and oxygen atoms in total. The lowest BCUT2D eigenvalue weighted by Gasteiger charge is -2.18. The molecule has 1 aromatic heterocycles. The number of hydrogen-bond donors (Lipinski definition) is 3. The number of carbonyl (C=O) groups is 1. The minimum Gasteiger partial charge on any atom is -0.379 e. The summed E-state index contributed by atoms with van der Waals surface area (Å²) in [6.07, 6.45) is 2.10. The van der Waals surface area contributed by atoms with Crippen LogP contribution in [0.1, 0.15) is 13.3 Å². The zero-order chi connectivity index (χ0) is 15.2. The van der Waals surface area contributed by atoms with Crippen LogP contribution in [-0.4, -0.2) is 30.0 Å². The predicted octanol–water partition coefficient (Wildman–Crippen LogP) is 2.26. The summed E-state index contributed by atoms with van der Waals surface area (Å²) < 4.78 is 0.935. The Kier molecular flexibility index (Phi) is 5.52. The lowest BCUT2D eigenvalue weighted by atomic mass is 10.1. The fourth-order valence-corrected chi connectivity index (χ4v) is 2.51. The van der Waals surface area contributed by atoms with Crippen molar-refractivity contribution >= 4 is 38.4 Å². The second-order valence-electron chi connectivity index (χ2n) is 4.77. The van der Waals surface area contributed by atoms with Gasteiger partial charge in [0.05, 0.1) is 11.2 Å². The van der Waals surface area contributed by atoms with Gasteiger partial charge >= 0.3 is 0 Å². The number of hydrogen-bond acceptors (Lipinski definition) is 4. The van der Waals surface area contributed by atoms with Crippen LogP contribution in [0.2, 0.25) is 0 Å². The molecule has 1 atom stereocenters. The van der Waals surface area contributed by atoms with Crippen LogP contribution >= 0.6 is 15.9 Å². The first kappa shape index (κ1) is 15.7. The van der Waals surface area contributed by atoms with Gasteiger partial charge in [-0.2, -0.15) is 0 Å². The van der Waals surface area contributed by atoms with Crippen LogP contribution in [0.3, 0.4) is 0 Å². The number of nitrogens with two attached hydrogens (primary N) is 1. The smallest absolute Gasteiger partial charge is 0.222 e. The first-order valence-corrected chi connectivity index (χ1v) is 7.71. The second-order valence-corrected chi connectivity index (χ2v) is 5.68. The number of halogens is 1. The molecule has 1 heterocycles. The number of anilines is 1. The Morgan fingerprint density at radius 1 is 1.48 bits per heavy atom. The summed E-state index contributed by atoms with van der Waals surface area (Å²) in [5.41, 5.74) is 7.52. The molecule has 0 aliphatic carbocycles. The Labute approximate surface area is 132 Å². The normalized spacial score (nSPS) is 12.1. The highest BCUT2D eigenvalue weighted by molar-refractivity contribution is 9.10. The van der Waals surface area contributed by atoms with E-state index in [1.54, 1.807) is 6.20 Å². The van der Waals surface area contributed by atoms with Gasteiger partial charge in [0.15, 0.2) is 0 Å². The van der Waals surface area contributed by atoms with Crippen LogP contribution in [0.4, 0.5) is 5.69 Å². The number of benzene rings is 1. The van der Waals surface area contributed by atoms with Crippen LogP contribution in [0.5, 0.6) is 0 Å². The molecule has 1 amide bonds. The molecule has 0 spiro atoms. The van der Waals surface area contributed by atoms with E-state index in [0.29, 0.717) is 19.5 Å². The molecule has 1 aromatic carbocycles. The monoisotopic (exact) mass is 350 g/mol. The molecule has 0 saturated heterocycles. The fourth-order valence-electron chi connectivity index (χ4n) is 2.16. The van der Waals surface area contributed by atoms with Crippen LogP contribution < -0.4 is 16.4 Å². The zero-order valence-corrected chi connectivity index (χ0v) is 13.5. The zero-order valence-electron chi connectivity index (χ0n) is 11.9. The Bertz CT molecular complexity index is 632. The summed E-state index contributed by atoms with van der Waals surface area (Å²) >= 11 is 3.42. The number of aromatic nitrogens is 1. The number of pyridine rings is 1. The van der Waals surface area contributed by atoms with Crippen molar-refractivity contribution in [2.45, 2.75) is 19.4 Å². The third kappa shape index (κ3) is 4.15. The maximum atomic E-state index is 11.7. The molecular weight excluding hydrogens is 332 g/mol. The van der Waals surface area contributed by atoms with E-state index < -0.39 is 0 Å². The van der Waals surface area contributed by atoms with Gasteiger partial charge in [0.2, 0.25) is 5.91 Å². The summed E-state index contributed by atoms with van der Waals surface area (Å²) in [6.45, 7) is 2.90. The molecule has 0 bridgehead atoms. The fraction of sp³-hybridized carbons (Fsp3) is 0.333. The van der Waals surface area contributed by atoms with Gasteiger partial charge in [0.25, 0.3) is 0 Å². The summed E-state index contributed by atoms with van der Waals surface area (Å²) in [7, 11) is 0. The van der Waals surface area contributed by atoms with Crippen molar-refractivity contribution in [2.75, 3.05) is 18.4 Å². The first-order chi connectivity index (χ1) is 10.1. The summed E-state index contributed by atoms with van der Waals surface area (Å²) in [4.78, 5) is 16.1. The SMILES string of the molecule is CCNC(=O)CC(CN)Nc1cccc2cc(Br)cnc12. The van der Waals surface area contributed by atoms with E-state index in [9.17, 15) is 4.79 Å². The van der Waals surface area contributed by atoms with Gasteiger partial charge in [0.1, 0.15) is 0 Å². The molecular formula is C15H19BrN4O. The van der Waals surface area contributed by atoms with Gasteiger partial charge in [-0.15, -0.1) is 0 Å². The van der Waals surface area contributed by atoms with Crippen LogP contribution in [0.15, 0.2) is 34.9 Å². The maximum Gasteiger partial charge on any atom is 0.222 e. The first-order valence-electron chi connectivity index (χ1n) is 6.91. The van der Waals surface area contributed by atoms with Gasteiger partial charge in [-0.1, -0.05) is 12.1 Å². The lowest BCUT2D eigenvalue weighted by molar-refractivity contribution is -0.121. The highest BCUT2D eigenvalue weighted by Crippen LogP contribution is 2.24. The van der Waals surface area contributed by atoms with Crippen LogP contribution in [0, 0.1) is 0 Å². The summed E-state index contributed by atoms with van der Waals surface area (Å²) in [5.74, 6) is -0.00334. The number of nitrogens with one attached hydrogen (secondary N) is 2. The van der Waals surface area contributed by atoms with E-state index in [2.05, 4.69) is 31.5 Å². The molecule has 6 heteroatoms. The van der Waals surface area contributed by atoms with E-state index in [4.69, 9.17) is 5.73 Å². The molecule has 0 fully saturated rings. The highest BCUT2D eigenvalue weighted by Gasteiger charge is 2.13. The molecule has 0 radical (unpaired) electrons. The molecule has 2 aromatic rings. The molecule has 2 rings (SSSR count). The van der Waals surface area contributed by atoms with E-state index in [1.165, 1.54) is 0 Å². The average Bonchev–Trinajstić information content (AvgIpc) is 2.46. The number of nitrogens with zero attached hydrogens (tertiary/aromatic N) is 1. The van der Waals surface area contributed by atoms with E-state index in [1.807, 2.05) is 31.2 Å². The third-order valence-corrected chi connectivity index (χ3v) is 3.56. The van der Waals surface area contributed by atoms with Crippen LogP contribution in [0.25, 0.3) is 10.9 Å². The minimum atomic E-state index is -0.118. The number of rotatable bonds is 6. The van der Waals surface area contributed by atoms with Gasteiger partial charge < -0.3 is 16.4 Å². The Morgan fingerprint density at radius 2 is 2.29 bits per heavy atom. The quantitative estimate of drug-likeness (QED) is 0.746. The van der Waals surface area contributed by atoms with Crippen molar-refractivity contribution in [1.29, 1.82) is 0 Å². The number of para-hydroxylation sites is 1. The standard InChI is InChI=1S/C15H19BrN4O/c1-2-18-14(21)7-12(8-17)20-13-5-3-4-10-6-11(16)9-19-15(10)13/h3-6,9,12,20H,2,7-8,17H2,1H3,(H,18,21). The number of fused-ring (bicyclic) bond motifs is 1. The summed E-state index contributed by atoms with van der Waals surface area (Å²) in [5, 5.41) is 7.13. The summed E-state index contributed by atoms with van der Waals surface area (Å²) in [6, 6.07) is 7.80. The molecule has 0 aliphatic rings. The number of amides is 1. The average molecular weight is 351 g/mol. The molecule has 0 saturated carbocycles. The van der Waals surface area contributed by atoms with Crippen molar-refractivity contribution < 1.29 is 4.79 Å². The molecule has 1 unspecified atom stereocenters. The Balaban J connectivity index is 2.19. The van der Waals surface area contributed by atoms with Crippen molar-refractivity contribution in [3.8, 4) is 0 Å². The largest absolute Gasteiger partial charge is 0.379 e. The second kappa shape index (κ2) is 7.38. The molecule has 0 aliphatic heterocycles. The molecule has 112 valence electrons. The van der Waals surface area contributed by atoms with E-state index in [0.717, 1.165) is 21.1 Å². The van der Waals surface area contributed by atoms with Gasteiger partial charge in [0, 0.05) is 41.6 Å². The topological polar surface area (TPSA) is 80.0 Å². The number of carbonyl (C=O) groups excluding carboxylic acids is 1. The highest BCUT2D eigenvalue weighted by atomic mass is 79.9. The van der Waals surface area contributed by atoms with Gasteiger partial charge in [-0.25, -0.2) is 0 Å². The van der Waals surface area contributed by atoms with Crippen molar-refractivity contribution in [3.63, 3.8) is 0 Å². The lowest BCUT2D eigenvalue weighted by Crippen LogP contribution is -2.35.